The molecule has 0 aliphatic heterocycles. The molecule has 0 amide bonds. The predicted molar refractivity (Wildman–Crippen MR) is 73.4 cm³/mol. The molecule has 0 spiro atoms. The molecule has 2 aromatic rings. The van der Waals surface area contributed by atoms with Gasteiger partial charge in [-0.1, -0.05) is 6.92 Å². The van der Waals surface area contributed by atoms with E-state index in [1.807, 2.05) is 6.92 Å². The third-order valence-corrected chi connectivity index (χ3v) is 2.94. The summed E-state index contributed by atoms with van der Waals surface area (Å²) in [5.74, 6) is 0.687. The van der Waals surface area contributed by atoms with E-state index in [4.69, 9.17) is 5.73 Å². The fourth-order valence-electron chi connectivity index (χ4n) is 1.97. The summed E-state index contributed by atoms with van der Waals surface area (Å²) in [7, 11) is 0. The summed E-state index contributed by atoms with van der Waals surface area (Å²) in [4.78, 5) is 28.0. The van der Waals surface area contributed by atoms with Crippen LogP contribution in [0.3, 0.4) is 0 Å². The summed E-state index contributed by atoms with van der Waals surface area (Å²) >= 11 is 0. The molecule has 2 aromatic heterocycles. The molecular formula is C12H18N6O2. The Hall–Kier alpha value is -2.22. The lowest BCUT2D eigenvalue weighted by Crippen LogP contribution is -2.40. The lowest BCUT2D eigenvalue weighted by atomic mass is 10.4. The zero-order valence-electron chi connectivity index (χ0n) is 11.4. The monoisotopic (exact) mass is 278 g/mol. The molecule has 8 nitrogen and oxygen atoms in total. The molecule has 0 aliphatic rings. The van der Waals surface area contributed by atoms with E-state index in [9.17, 15) is 9.59 Å². The van der Waals surface area contributed by atoms with Crippen molar-refractivity contribution in [3.63, 3.8) is 0 Å². The van der Waals surface area contributed by atoms with Crippen LogP contribution in [0.15, 0.2) is 28.2 Å². The van der Waals surface area contributed by atoms with E-state index < -0.39 is 0 Å². The van der Waals surface area contributed by atoms with Crippen LogP contribution in [0, 0.1) is 0 Å². The number of hydrogen-bond acceptors (Lipinski definition) is 5. The normalized spacial score (nSPS) is 10.9. The minimum absolute atomic E-state index is 0.208. The first-order valence-electron chi connectivity index (χ1n) is 6.54. The quantitative estimate of drug-likeness (QED) is 0.732. The highest BCUT2D eigenvalue weighted by atomic mass is 16.2. The van der Waals surface area contributed by atoms with Crippen LogP contribution < -0.4 is 17.0 Å². The van der Waals surface area contributed by atoms with E-state index in [2.05, 4.69) is 10.1 Å². The Bertz CT molecular complexity index is 684. The van der Waals surface area contributed by atoms with E-state index in [1.54, 1.807) is 4.68 Å². The first-order valence-corrected chi connectivity index (χ1v) is 6.54. The van der Waals surface area contributed by atoms with Crippen molar-refractivity contribution >= 4 is 0 Å². The van der Waals surface area contributed by atoms with E-state index in [0.29, 0.717) is 5.82 Å². The summed E-state index contributed by atoms with van der Waals surface area (Å²) in [5, 5.41) is 4.11. The molecule has 8 heteroatoms. The lowest BCUT2D eigenvalue weighted by Gasteiger charge is -2.09. The molecule has 0 unspecified atom stereocenters. The zero-order chi connectivity index (χ0) is 14.5. The molecule has 2 N–H and O–H groups in total. The van der Waals surface area contributed by atoms with Crippen LogP contribution in [-0.2, 0) is 19.6 Å². The maximum Gasteiger partial charge on any atom is 0.331 e. The largest absolute Gasteiger partial charge is 0.331 e. The van der Waals surface area contributed by atoms with Crippen LogP contribution >= 0.6 is 0 Å². The summed E-state index contributed by atoms with van der Waals surface area (Å²) in [6.45, 7) is 3.51. The number of hydrogen-bond donors (Lipinski definition) is 1. The van der Waals surface area contributed by atoms with Crippen LogP contribution in [-0.4, -0.2) is 30.4 Å². The van der Waals surface area contributed by atoms with Crippen LogP contribution in [0.1, 0.15) is 19.2 Å². The Morgan fingerprint density at radius 1 is 1.30 bits per heavy atom. The maximum absolute atomic E-state index is 12.2. The summed E-state index contributed by atoms with van der Waals surface area (Å²) in [6, 6.07) is 1.36. The molecule has 0 bridgehead atoms. The SMILES string of the molecule is CCCn1ncnc1Cn1ccc(=O)n(CCN)c1=O. The van der Waals surface area contributed by atoms with Crippen molar-refractivity contribution in [2.75, 3.05) is 6.54 Å². The van der Waals surface area contributed by atoms with Crippen molar-refractivity contribution in [1.82, 2.24) is 23.9 Å². The number of nitrogens with zero attached hydrogens (tertiary/aromatic N) is 5. The van der Waals surface area contributed by atoms with E-state index in [0.717, 1.165) is 17.5 Å². The molecule has 0 aliphatic carbocycles. The Morgan fingerprint density at radius 3 is 2.80 bits per heavy atom. The van der Waals surface area contributed by atoms with Gasteiger partial charge in [0.1, 0.15) is 12.2 Å². The highest BCUT2D eigenvalue weighted by Gasteiger charge is 2.08. The molecule has 2 heterocycles. The predicted octanol–water partition coefficient (Wildman–Crippen LogP) is -0.981. The molecule has 0 radical (unpaired) electrons. The fourth-order valence-corrected chi connectivity index (χ4v) is 1.97. The van der Waals surface area contributed by atoms with Gasteiger partial charge in [-0.3, -0.25) is 13.9 Å². The molecule has 0 saturated heterocycles. The maximum atomic E-state index is 12.2. The highest BCUT2D eigenvalue weighted by molar-refractivity contribution is 4.92. The van der Waals surface area contributed by atoms with Crippen LogP contribution in [0.2, 0.25) is 0 Å². The smallest absolute Gasteiger partial charge is 0.329 e. The fraction of sp³-hybridized carbons (Fsp3) is 0.500. The third-order valence-electron chi connectivity index (χ3n) is 2.94. The summed E-state index contributed by atoms with van der Waals surface area (Å²) in [6.07, 6.45) is 3.87. The van der Waals surface area contributed by atoms with Crippen LogP contribution in [0.5, 0.6) is 0 Å². The third kappa shape index (κ3) is 2.85. The summed E-state index contributed by atoms with van der Waals surface area (Å²) < 4.78 is 4.32. The second-order valence-electron chi connectivity index (χ2n) is 4.40. The Balaban J connectivity index is 2.34. The van der Waals surface area contributed by atoms with Crippen molar-refractivity contribution in [1.29, 1.82) is 0 Å². The van der Waals surface area contributed by atoms with E-state index >= 15 is 0 Å². The van der Waals surface area contributed by atoms with Gasteiger partial charge in [-0.15, -0.1) is 0 Å². The molecular weight excluding hydrogens is 260 g/mol. The molecule has 0 atom stereocenters. The molecule has 0 aromatic carbocycles. The minimum Gasteiger partial charge on any atom is -0.329 e. The molecule has 108 valence electrons. The van der Waals surface area contributed by atoms with E-state index in [-0.39, 0.29) is 30.9 Å². The van der Waals surface area contributed by atoms with Gasteiger partial charge in [0.25, 0.3) is 5.56 Å². The van der Waals surface area contributed by atoms with Gasteiger partial charge in [-0.2, -0.15) is 5.10 Å². The lowest BCUT2D eigenvalue weighted by molar-refractivity contribution is 0.527. The minimum atomic E-state index is -0.381. The van der Waals surface area contributed by atoms with Gasteiger partial charge in [0, 0.05) is 31.9 Å². The number of aryl methyl sites for hydroxylation is 1. The van der Waals surface area contributed by atoms with Crippen LogP contribution in [0.25, 0.3) is 0 Å². The highest BCUT2D eigenvalue weighted by Crippen LogP contribution is 1.97. The van der Waals surface area contributed by atoms with Crippen molar-refractivity contribution in [3.05, 3.63) is 45.3 Å². The van der Waals surface area contributed by atoms with Gasteiger partial charge < -0.3 is 5.73 Å². The van der Waals surface area contributed by atoms with Crippen molar-refractivity contribution in [2.45, 2.75) is 33.0 Å². The average molecular weight is 278 g/mol. The number of rotatable bonds is 6. The zero-order valence-corrected chi connectivity index (χ0v) is 11.4. The van der Waals surface area contributed by atoms with Crippen LogP contribution in [0.4, 0.5) is 0 Å². The standard InChI is InChI=1S/C12H18N6O2/c1-2-5-18-10(14-9-15-18)8-16-6-3-11(19)17(7-4-13)12(16)20/h3,6,9H,2,4-5,7-8,13H2,1H3. The number of nitrogens with two attached hydrogens (primary N) is 1. The molecule has 0 saturated carbocycles. The molecule has 0 fully saturated rings. The Labute approximate surface area is 115 Å². The van der Waals surface area contributed by atoms with Gasteiger partial charge in [0.05, 0.1) is 6.54 Å². The Kier molecular flexibility index (Phi) is 4.46. The van der Waals surface area contributed by atoms with Gasteiger partial charge in [-0.25, -0.2) is 14.5 Å². The van der Waals surface area contributed by atoms with Gasteiger partial charge in [0.2, 0.25) is 0 Å². The molecule has 2 rings (SSSR count). The van der Waals surface area contributed by atoms with Crippen molar-refractivity contribution < 1.29 is 0 Å². The van der Waals surface area contributed by atoms with Gasteiger partial charge >= 0.3 is 5.69 Å². The Morgan fingerprint density at radius 2 is 2.10 bits per heavy atom. The molecule has 20 heavy (non-hydrogen) atoms. The van der Waals surface area contributed by atoms with Crippen molar-refractivity contribution in [2.24, 2.45) is 5.73 Å². The van der Waals surface area contributed by atoms with Gasteiger partial charge in [-0.05, 0) is 6.42 Å². The van der Waals surface area contributed by atoms with E-state index in [1.165, 1.54) is 23.2 Å². The first kappa shape index (κ1) is 14.2. The average Bonchev–Trinajstić information content (AvgIpc) is 2.86. The van der Waals surface area contributed by atoms with Crippen molar-refractivity contribution in [3.8, 4) is 0 Å². The van der Waals surface area contributed by atoms with Gasteiger partial charge in [0.15, 0.2) is 0 Å². The summed E-state index contributed by atoms with van der Waals surface area (Å²) in [5.41, 5.74) is 4.69. The second kappa shape index (κ2) is 6.29. The topological polar surface area (TPSA) is 101 Å². The number of aromatic nitrogens is 5. The second-order valence-corrected chi connectivity index (χ2v) is 4.40. The first-order chi connectivity index (χ1) is 9.67.